The van der Waals surface area contributed by atoms with E-state index in [1.54, 1.807) is 11.8 Å². The molecule has 2 heterocycles. The van der Waals surface area contributed by atoms with Crippen LogP contribution in [0.3, 0.4) is 0 Å². The fraction of sp³-hybridized carbons (Fsp3) is 0.364. The molecule has 0 bridgehead atoms. The summed E-state index contributed by atoms with van der Waals surface area (Å²) >= 11 is 4.53. The van der Waals surface area contributed by atoms with Crippen molar-refractivity contribution in [1.82, 2.24) is 10.2 Å². The molecule has 2 amide bonds. The molecule has 2 aromatic rings. The molecule has 0 fully saturated rings. The molecule has 0 aliphatic carbocycles. The lowest BCUT2D eigenvalue weighted by Gasteiger charge is -2.03. The van der Waals surface area contributed by atoms with Gasteiger partial charge in [0.05, 0.1) is 5.00 Å². The smallest absolute Gasteiger partial charge is 0.299 e. The van der Waals surface area contributed by atoms with E-state index in [1.165, 1.54) is 22.7 Å². The Morgan fingerprint density at radius 1 is 1.47 bits per heavy atom. The van der Waals surface area contributed by atoms with E-state index in [-0.39, 0.29) is 6.03 Å². The van der Waals surface area contributed by atoms with Crippen LogP contribution < -0.4 is 10.6 Å². The molecular formula is C11H14N4OS3. The lowest BCUT2D eigenvalue weighted by Crippen LogP contribution is -2.18. The van der Waals surface area contributed by atoms with Crippen LogP contribution in [0.15, 0.2) is 21.9 Å². The van der Waals surface area contributed by atoms with Gasteiger partial charge in [0.15, 0.2) is 4.34 Å². The second-order valence-electron chi connectivity index (χ2n) is 3.77. The maximum absolute atomic E-state index is 11.7. The molecule has 8 heteroatoms. The van der Waals surface area contributed by atoms with E-state index in [2.05, 4.69) is 34.7 Å². The number of carbonyl (C=O) groups excluding carboxylic acids is 1. The third kappa shape index (κ3) is 4.48. The van der Waals surface area contributed by atoms with Gasteiger partial charge >= 0.3 is 6.03 Å². The largest absolute Gasteiger partial charge is 0.326 e. The van der Waals surface area contributed by atoms with Crippen molar-refractivity contribution in [2.24, 2.45) is 0 Å². The number of thiophene rings is 1. The number of thioether (sulfide) groups is 1. The molecule has 19 heavy (non-hydrogen) atoms. The fourth-order valence-corrected chi connectivity index (χ4v) is 3.76. The van der Waals surface area contributed by atoms with Crippen LogP contribution in [0.25, 0.3) is 0 Å². The first-order valence-corrected chi connectivity index (χ1v) is 8.36. The van der Waals surface area contributed by atoms with Crippen LogP contribution in [0.4, 0.5) is 14.9 Å². The summed E-state index contributed by atoms with van der Waals surface area (Å²) in [6.07, 6.45) is 1.08. The summed E-state index contributed by atoms with van der Waals surface area (Å²) in [6, 6.07) is 3.43. The van der Waals surface area contributed by atoms with E-state index in [0.29, 0.717) is 10.4 Å². The summed E-state index contributed by atoms with van der Waals surface area (Å²) in [6.45, 7) is 4.27. The van der Waals surface area contributed by atoms with Crippen molar-refractivity contribution in [3.05, 3.63) is 17.5 Å². The maximum atomic E-state index is 11.7. The Morgan fingerprint density at radius 2 is 2.32 bits per heavy atom. The summed E-state index contributed by atoms with van der Waals surface area (Å²) in [4.78, 5) is 11.7. The highest BCUT2D eigenvalue weighted by molar-refractivity contribution is 8.01. The van der Waals surface area contributed by atoms with Crippen LogP contribution in [-0.4, -0.2) is 21.5 Å². The number of anilines is 2. The Kier molecular flexibility index (Phi) is 5.17. The van der Waals surface area contributed by atoms with Gasteiger partial charge in [0.1, 0.15) is 0 Å². The average Bonchev–Trinajstić information content (AvgIpc) is 3.01. The van der Waals surface area contributed by atoms with Crippen molar-refractivity contribution in [1.29, 1.82) is 0 Å². The van der Waals surface area contributed by atoms with Crippen molar-refractivity contribution in [3.8, 4) is 0 Å². The Bertz CT molecular complexity index is 526. The Morgan fingerprint density at radius 3 is 3.00 bits per heavy atom. The highest BCUT2D eigenvalue weighted by Crippen LogP contribution is 2.30. The van der Waals surface area contributed by atoms with Gasteiger partial charge in [0.25, 0.3) is 0 Å². The number of amides is 2. The first-order valence-electron chi connectivity index (χ1n) is 5.79. The Hall–Kier alpha value is -1.12. The molecule has 0 spiro atoms. The van der Waals surface area contributed by atoms with Gasteiger partial charge in [-0.2, -0.15) is 0 Å². The van der Waals surface area contributed by atoms with Crippen molar-refractivity contribution in [2.75, 3.05) is 10.6 Å². The molecule has 0 radical (unpaired) electrons. The van der Waals surface area contributed by atoms with Crippen LogP contribution in [0.1, 0.15) is 20.3 Å². The summed E-state index contributed by atoms with van der Waals surface area (Å²) < 4.78 is 0.876. The van der Waals surface area contributed by atoms with Crippen LogP contribution in [0.2, 0.25) is 0 Å². The molecule has 0 aliphatic heterocycles. The number of aromatic nitrogens is 2. The van der Waals surface area contributed by atoms with Gasteiger partial charge in [-0.3, -0.25) is 10.6 Å². The summed E-state index contributed by atoms with van der Waals surface area (Å²) in [7, 11) is 0. The van der Waals surface area contributed by atoms with Gasteiger partial charge in [0.2, 0.25) is 5.13 Å². The van der Waals surface area contributed by atoms with Crippen molar-refractivity contribution >= 4 is 50.6 Å². The van der Waals surface area contributed by atoms with E-state index in [0.717, 1.165) is 15.8 Å². The number of hydrogen-bond acceptors (Lipinski definition) is 6. The molecule has 2 aromatic heterocycles. The lowest BCUT2D eigenvalue weighted by atomic mass is 10.4. The number of urea groups is 1. The quantitative estimate of drug-likeness (QED) is 0.643. The van der Waals surface area contributed by atoms with Gasteiger partial charge < -0.3 is 0 Å². The zero-order valence-electron chi connectivity index (χ0n) is 10.5. The Labute approximate surface area is 123 Å². The number of nitrogens with zero attached hydrogens (tertiary/aromatic N) is 2. The highest BCUT2D eigenvalue weighted by atomic mass is 32.2. The maximum Gasteiger partial charge on any atom is 0.326 e. The van der Waals surface area contributed by atoms with Crippen molar-refractivity contribution in [2.45, 2.75) is 29.9 Å². The van der Waals surface area contributed by atoms with Crippen LogP contribution in [0.5, 0.6) is 0 Å². The first kappa shape index (κ1) is 14.3. The first-order chi connectivity index (χ1) is 9.17. The molecule has 0 unspecified atom stereocenters. The molecule has 0 aromatic carbocycles. The average molecular weight is 314 g/mol. The van der Waals surface area contributed by atoms with E-state index in [4.69, 9.17) is 0 Å². The monoisotopic (exact) mass is 314 g/mol. The second kappa shape index (κ2) is 6.88. The molecule has 2 rings (SSSR count). The van der Waals surface area contributed by atoms with Crippen molar-refractivity contribution < 1.29 is 4.79 Å². The third-order valence-corrected chi connectivity index (χ3v) is 5.24. The minimum Gasteiger partial charge on any atom is -0.299 e. The van der Waals surface area contributed by atoms with Gasteiger partial charge in [-0.05, 0) is 23.9 Å². The molecule has 102 valence electrons. The lowest BCUT2D eigenvalue weighted by molar-refractivity contribution is 0.262. The van der Waals surface area contributed by atoms with Crippen molar-refractivity contribution in [3.63, 3.8) is 0 Å². The van der Waals surface area contributed by atoms with E-state index < -0.39 is 0 Å². The van der Waals surface area contributed by atoms with Crippen LogP contribution >= 0.6 is 34.4 Å². The topological polar surface area (TPSA) is 66.9 Å². The molecule has 2 N–H and O–H groups in total. The summed E-state index contributed by atoms with van der Waals surface area (Å²) in [5.74, 6) is 0. The van der Waals surface area contributed by atoms with Gasteiger partial charge in [-0.25, -0.2) is 4.79 Å². The zero-order valence-corrected chi connectivity index (χ0v) is 13.0. The van der Waals surface area contributed by atoms with Gasteiger partial charge in [-0.15, -0.1) is 21.5 Å². The number of rotatable bonds is 5. The zero-order chi connectivity index (χ0) is 13.7. The SMILES string of the molecule is CC[C@@H](C)Sc1nnc(NC(=O)Nc2cccs2)s1. The predicted octanol–water partition coefficient (Wildman–Crippen LogP) is 4.13. The molecule has 0 saturated heterocycles. The van der Waals surface area contributed by atoms with E-state index >= 15 is 0 Å². The molecule has 0 aliphatic rings. The normalized spacial score (nSPS) is 12.1. The molecular weight excluding hydrogens is 300 g/mol. The summed E-state index contributed by atoms with van der Waals surface area (Å²) in [5.41, 5.74) is 0. The molecule has 1 atom stereocenters. The van der Waals surface area contributed by atoms with E-state index in [9.17, 15) is 4.79 Å². The predicted molar refractivity (Wildman–Crippen MR) is 82.5 cm³/mol. The fourth-order valence-electron chi connectivity index (χ4n) is 1.15. The third-order valence-electron chi connectivity index (χ3n) is 2.26. The van der Waals surface area contributed by atoms with Gasteiger partial charge in [-0.1, -0.05) is 36.9 Å². The van der Waals surface area contributed by atoms with Crippen LogP contribution in [-0.2, 0) is 0 Å². The Balaban J connectivity index is 1.87. The second-order valence-corrected chi connectivity index (χ2v) is 7.38. The molecule has 0 saturated carbocycles. The minimum absolute atomic E-state index is 0.293. The standard InChI is InChI=1S/C11H14N4OS3/c1-3-7(2)18-11-15-14-10(19-11)13-9(16)12-8-5-4-6-17-8/h4-7H,3H2,1-2H3,(H2,12,13,14,16)/t7-/m1/s1. The van der Waals surface area contributed by atoms with Crippen LogP contribution in [0, 0.1) is 0 Å². The number of carbonyl (C=O) groups is 1. The highest BCUT2D eigenvalue weighted by Gasteiger charge is 2.11. The summed E-state index contributed by atoms with van der Waals surface area (Å²) in [5, 5.41) is 17.1. The molecule has 5 nitrogen and oxygen atoms in total. The minimum atomic E-state index is -0.293. The van der Waals surface area contributed by atoms with Gasteiger partial charge in [0, 0.05) is 5.25 Å². The number of hydrogen-bond donors (Lipinski definition) is 2. The number of nitrogens with one attached hydrogen (secondary N) is 2. The van der Waals surface area contributed by atoms with E-state index in [1.807, 2.05) is 17.5 Å².